The number of methoxy groups -OCH3 is 1. The molecule has 2 aromatic rings. The summed E-state index contributed by atoms with van der Waals surface area (Å²) in [4.78, 5) is 0.291. The van der Waals surface area contributed by atoms with E-state index in [2.05, 4.69) is 0 Å². The Morgan fingerprint density at radius 2 is 1.72 bits per heavy atom. The van der Waals surface area contributed by atoms with E-state index in [-0.39, 0.29) is 18.4 Å². The number of benzene rings is 2. The Bertz CT molecular complexity index is 809. The zero-order chi connectivity index (χ0) is 17.9. The summed E-state index contributed by atoms with van der Waals surface area (Å²) in [5.41, 5.74) is 6.04. The molecule has 0 aliphatic rings. The summed E-state index contributed by atoms with van der Waals surface area (Å²) in [6, 6.07) is 10.6. The minimum Gasteiger partial charge on any atom is -0.496 e. The van der Waals surface area contributed by atoms with Crippen LogP contribution >= 0.6 is 12.4 Å². The van der Waals surface area contributed by atoms with Gasteiger partial charge in [0.2, 0.25) is 10.0 Å². The van der Waals surface area contributed by atoms with Crippen LogP contribution in [0.25, 0.3) is 10.8 Å². The van der Waals surface area contributed by atoms with Crippen molar-refractivity contribution in [2.45, 2.75) is 31.2 Å². The van der Waals surface area contributed by atoms with Gasteiger partial charge >= 0.3 is 0 Å². The minimum absolute atomic E-state index is 0. The van der Waals surface area contributed by atoms with Crippen LogP contribution in [0.5, 0.6) is 5.75 Å². The normalized spacial score (nSPS) is 13.1. The molecule has 0 bridgehead atoms. The highest BCUT2D eigenvalue weighted by Crippen LogP contribution is 2.32. The molecule has 7 heteroatoms. The van der Waals surface area contributed by atoms with Crippen molar-refractivity contribution >= 4 is 33.2 Å². The quantitative estimate of drug-likeness (QED) is 0.792. The first-order valence-electron chi connectivity index (χ1n) is 8.06. The first-order valence-corrected chi connectivity index (χ1v) is 9.50. The summed E-state index contributed by atoms with van der Waals surface area (Å²) >= 11 is 0. The summed E-state index contributed by atoms with van der Waals surface area (Å²) in [7, 11) is -0.412. The monoisotopic (exact) mass is 386 g/mol. The first-order chi connectivity index (χ1) is 11.3. The van der Waals surface area contributed by atoms with E-state index < -0.39 is 10.0 Å². The molecule has 140 valence electrons. The van der Waals surface area contributed by atoms with E-state index in [4.69, 9.17) is 10.5 Å². The topological polar surface area (TPSA) is 72.6 Å². The van der Waals surface area contributed by atoms with E-state index >= 15 is 0 Å². The third-order valence-corrected chi connectivity index (χ3v) is 6.30. The van der Waals surface area contributed by atoms with Crippen LogP contribution in [0.3, 0.4) is 0 Å². The Hall–Kier alpha value is -1.34. The highest BCUT2D eigenvalue weighted by molar-refractivity contribution is 7.89. The average Bonchev–Trinajstić information content (AvgIpc) is 2.57. The second kappa shape index (κ2) is 8.85. The first kappa shape index (κ1) is 21.7. The van der Waals surface area contributed by atoms with Gasteiger partial charge in [-0.1, -0.05) is 38.1 Å². The van der Waals surface area contributed by atoms with Gasteiger partial charge in [-0.25, -0.2) is 12.7 Å². The number of sulfonamides is 1. The van der Waals surface area contributed by atoms with Gasteiger partial charge < -0.3 is 10.5 Å². The van der Waals surface area contributed by atoms with Gasteiger partial charge in [0.25, 0.3) is 0 Å². The second-order valence-electron chi connectivity index (χ2n) is 6.33. The van der Waals surface area contributed by atoms with Crippen LogP contribution < -0.4 is 10.5 Å². The molecule has 0 aliphatic heterocycles. The fourth-order valence-electron chi connectivity index (χ4n) is 2.60. The summed E-state index contributed by atoms with van der Waals surface area (Å²) in [6.45, 7) is 4.47. The van der Waals surface area contributed by atoms with Crippen molar-refractivity contribution in [1.82, 2.24) is 4.31 Å². The minimum atomic E-state index is -3.59. The summed E-state index contributed by atoms with van der Waals surface area (Å²) < 4.78 is 32.7. The molecule has 0 saturated carbocycles. The molecular formula is C18H27ClN2O3S. The van der Waals surface area contributed by atoms with Crippen molar-refractivity contribution < 1.29 is 13.2 Å². The van der Waals surface area contributed by atoms with Gasteiger partial charge in [0.1, 0.15) is 5.75 Å². The Labute approximate surface area is 156 Å². The number of ether oxygens (including phenoxy) is 1. The number of hydrogen-bond acceptors (Lipinski definition) is 4. The van der Waals surface area contributed by atoms with E-state index in [1.165, 1.54) is 4.31 Å². The fourth-order valence-corrected chi connectivity index (χ4v) is 3.98. The number of hydrogen-bond donors (Lipinski definition) is 1. The van der Waals surface area contributed by atoms with Gasteiger partial charge in [0.05, 0.1) is 12.0 Å². The Kier molecular flexibility index (Phi) is 7.68. The smallest absolute Gasteiger partial charge is 0.243 e. The number of fused-ring (bicyclic) bond motifs is 1. The standard InChI is InChI=1S/C18H26N2O3S.ClH/c1-13(2)16(19)11-12-20(3)24(21,22)18-10-9-17(23-4)14-7-5-6-8-15(14)18;/h5-10,13,16H,11-12,19H2,1-4H3;1H. The molecule has 0 spiro atoms. The van der Waals surface area contributed by atoms with Gasteiger partial charge in [-0.2, -0.15) is 0 Å². The molecule has 0 radical (unpaired) electrons. The third-order valence-electron chi connectivity index (χ3n) is 4.39. The van der Waals surface area contributed by atoms with Gasteiger partial charge in [-0.3, -0.25) is 0 Å². The lowest BCUT2D eigenvalue weighted by Crippen LogP contribution is -2.34. The summed E-state index contributed by atoms with van der Waals surface area (Å²) in [6.07, 6.45) is 0.626. The van der Waals surface area contributed by atoms with Crippen LogP contribution in [0, 0.1) is 5.92 Å². The van der Waals surface area contributed by atoms with Gasteiger partial charge in [-0.05, 0) is 24.5 Å². The molecular weight excluding hydrogens is 360 g/mol. The molecule has 0 heterocycles. The lowest BCUT2D eigenvalue weighted by molar-refractivity contribution is 0.397. The van der Waals surface area contributed by atoms with Crippen molar-refractivity contribution in [1.29, 1.82) is 0 Å². The van der Waals surface area contributed by atoms with Crippen molar-refractivity contribution in [3.05, 3.63) is 36.4 Å². The van der Waals surface area contributed by atoms with Crippen LogP contribution in [-0.4, -0.2) is 39.5 Å². The van der Waals surface area contributed by atoms with Crippen molar-refractivity contribution in [2.24, 2.45) is 11.7 Å². The predicted octanol–water partition coefficient (Wildman–Crippen LogP) is 3.26. The zero-order valence-corrected chi connectivity index (χ0v) is 16.7. The van der Waals surface area contributed by atoms with Gasteiger partial charge in [-0.15, -0.1) is 12.4 Å². The maximum atomic E-state index is 13.0. The Balaban J connectivity index is 0.00000312. The summed E-state index contributed by atoms with van der Waals surface area (Å²) in [5.74, 6) is 0.983. The third kappa shape index (κ3) is 4.64. The average molecular weight is 387 g/mol. The van der Waals surface area contributed by atoms with Crippen molar-refractivity contribution in [2.75, 3.05) is 20.7 Å². The number of halogens is 1. The molecule has 25 heavy (non-hydrogen) atoms. The molecule has 0 aromatic heterocycles. The van der Waals surface area contributed by atoms with E-state index in [9.17, 15) is 8.42 Å². The highest BCUT2D eigenvalue weighted by atomic mass is 35.5. The maximum absolute atomic E-state index is 13.0. The number of rotatable bonds is 7. The molecule has 2 rings (SSSR count). The van der Waals surface area contributed by atoms with Crippen LogP contribution in [0.15, 0.2) is 41.3 Å². The van der Waals surface area contributed by atoms with E-state index in [1.54, 1.807) is 32.4 Å². The molecule has 0 saturated heterocycles. The molecule has 2 N–H and O–H groups in total. The largest absolute Gasteiger partial charge is 0.496 e. The SMILES string of the molecule is COc1ccc(S(=O)(=O)N(C)CCC(N)C(C)C)c2ccccc12.Cl. The second-order valence-corrected chi connectivity index (χ2v) is 8.35. The molecule has 0 fully saturated rings. The van der Waals surface area contributed by atoms with Crippen LogP contribution in [0.4, 0.5) is 0 Å². The lowest BCUT2D eigenvalue weighted by Gasteiger charge is -2.22. The van der Waals surface area contributed by atoms with Crippen molar-refractivity contribution in [3.8, 4) is 5.75 Å². The van der Waals surface area contributed by atoms with Gasteiger partial charge in [0.15, 0.2) is 0 Å². The molecule has 0 aliphatic carbocycles. The Morgan fingerprint density at radius 1 is 1.12 bits per heavy atom. The van der Waals surface area contributed by atoms with Crippen LogP contribution in [0.2, 0.25) is 0 Å². The van der Waals surface area contributed by atoms with Crippen molar-refractivity contribution in [3.63, 3.8) is 0 Å². The fraction of sp³-hybridized carbons (Fsp3) is 0.444. The highest BCUT2D eigenvalue weighted by Gasteiger charge is 2.24. The molecule has 0 amide bonds. The lowest BCUT2D eigenvalue weighted by atomic mass is 10.0. The van der Waals surface area contributed by atoms with E-state index in [1.807, 2.05) is 32.0 Å². The van der Waals surface area contributed by atoms with E-state index in [0.29, 0.717) is 34.9 Å². The number of nitrogens with zero attached hydrogens (tertiary/aromatic N) is 1. The van der Waals surface area contributed by atoms with Crippen LogP contribution in [-0.2, 0) is 10.0 Å². The molecule has 1 unspecified atom stereocenters. The molecule has 5 nitrogen and oxygen atoms in total. The molecule has 1 atom stereocenters. The summed E-state index contributed by atoms with van der Waals surface area (Å²) in [5, 5.41) is 1.45. The zero-order valence-electron chi connectivity index (χ0n) is 15.1. The number of nitrogens with two attached hydrogens (primary N) is 1. The predicted molar refractivity (Wildman–Crippen MR) is 105 cm³/mol. The van der Waals surface area contributed by atoms with E-state index in [0.717, 1.165) is 5.39 Å². The van der Waals surface area contributed by atoms with Gasteiger partial charge in [0, 0.05) is 30.4 Å². The van der Waals surface area contributed by atoms with Crippen LogP contribution in [0.1, 0.15) is 20.3 Å². The molecule has 2 aromatic carbocycles. The Morgan fingerprint density at radius 3 is 2.28 bits per heavy atom. The maximum Gasteiger partial charge on any atom is 0.243 e.